The lowest BCUT2D eigenvalue weighted by molar-refractivity contribution is -0.118. The first kappa shape index (κ1) is 20.5. The second kappa shape index (κ2) is 8.04. The van der Waals surface area contributed by atoms with Gasteiger partial charge in [-0.1, -0.05) is 17.7 Å². The van der Waals surface area contributed by atoms with Gasteiger partial charge in [-0.3, -0.25) is 23.9 Å². The van der Waals surface area contributed by atoms with Crippen LogP contribution in [0, 0.1) is 20.8 Å². The number of benzene rings is 1. The van der Waals surface area contributed by atoms with Gasteiger partial charge in [-0.05, 0) is 44.4 Å². The number of thiophene rings is 1. The van der Waals surface area contributed by atoms with E-state index in [1.807, 2.05) is 32.0 Å². The maximum Gasteiger partial charge on any atom is 0.329 e. The summed E-state index contributed by atoms with van der Waals surface area (Å²) in [5, 5.41) is 3.18. The number of nitrogens with zero attached hydrogens (tertiary/aromatic N) is 1. The molecule has 0 radical (unpaired) electrons. The number of aromatic nitrogens is 2. The van der Waals surface area contributed by atoms with E-state index in [1.165, 1.54) is 0 Å². The zero-order chi connectivity index (χ0) is 21.3. The zero-order valence-corrected chi connectivity index (χ0v) is 17.2. The Labute approximate surface area is 170 Å². The second-order valence-corrected chi connectivity index (χ2v) is 8.01. The summed E-state index contributed by atoms with van der Waals surface area (Å²) in [5.74, 6) is -0.830. The summed E-state index contributed by atoms with van der Waals surface area (Å²) in [6.45, 7) is 5.64. The van der Waals surface area contributed by atoms with Crippen molar-refractivity contribution in [3.63, 3.8) is 0 Å². The smallest absolute Gasteiger partial charge is 0.329 e. The van der Waals surface area contributed by atoms with Crippen LogP contribution >= 0.6 is 11.3 Å². The molecule has 8 nitrogen and oxygen atoms in total. The quantitative estimate of drug-likeness (QED) is 0.571. The number of nitrogens with two attached hydrogens (primary N) is 1. The molecule has 29 heavy (non-hydrogen) atoms. The monoisotopic (exact) mass is 414 g/mol. The molecular formula is C20H22N4O4S. The SMILES string of the molecule is Cc1ccc(NC(=O)c2sc3[nH]c(=O)n(CCCC(N)=O)c(=O)c3c2C)c(C)c1. The van der Waals surface area contributed by atoms with Crippen LogP contribution in [0.15, 0.2) is 27.8 Å². The molecule has 3 rings (SSSR count). The molecule has 2 aromatic heterocycles. The van der Waals surface area contributed by atoms with E-state index >= 15 is 0 Å². The molecule has 0 aliphatic heterocycles. The first-order chi connectivity index (χ1) is 13.7. The highest BCUT2D eigenvalue weighted by Crippen LogP contribution is 2.27. The molecule has 3 aromatic rings. The lowest BCUT2D eigenvalue weighted by atomic mass is 10.1. The van der Waals surface area contributed by atoms with E-state index in [1.54, 1.807) is 6.92 Å². The number of fused-ring (bicyclic) bond motifs is 1. The molecule has 0 atom stereocenters. The number of nitrogens with one attached hydrogen (secondary N) is 2. The molecule has 2 heterocycles. The Balaban J connectivity index is 1.98. The minimum absolute atomic E-state index is 0.0758. The molecule has 0 aliphatic carbocycles. The zero-order valence-electron chi connectivity index (χ0n) is 16.4. The Morgan fingerprint density at radius 3 is 2.59 bits per heavy atom. The number of hydrogen-bond acceptors (Lipinski definition) is 5. The number of amides is 2. The van der Waals surface area contributed by atoms with Crippen molar-refractivity contribution in [2.45, 2.75) is 40.2 Å². The molecule has 2 amide bonds. The molecule has 4 N–H and O–H groups in total. The van der Waals surface area contributed by atoms with Gasteiger partial charge in [0.25, 0.3) is 11.5 Å². The Kier molecular flexibility index (Phi) is 5.69. The van der Waals surface area contributed by atoms with Crippen molar-refractivity contribution in [1.29, 1.82) is 0 Å². The molecule has 152 valence electrons. The van der Waals surface area contributed by atoms with Crippen molar-refractivity contribution in [2.24, 2.45) is 5.73 Å². The van der Waals surface area contributed by atoms with Crippen LogP contribution in [-0.4, -0.2) is 21.4 Å². The van der Waals surface area contributed by atoms with Crippen molar-refractivity contribution in [1.82, 2.24) is 9.55 Å². The Hall–Kier alpha value is -3.20. The van der Waals surface area contributed by atoms with Crippen molar-refractivity contribution in [2.75, 3.05) is 5.32 Å². The predicted octanol–water partition coefficient (Wildman–Crippen LogP) is 2.19. The summed E-state index contributed by atoms with van der Waals surface area (Å²) in [7, 11) is 0. The molecular weight excluding hydrogens is 392 g/mol. The molecule has 0 unspecified atom stereocenters. The van der Waals surface area contributed by atoms with Crippen LogP contribution in [0.2, 0.25) is 0 Å². The van der Waals surface area contributed by atoms with Crippen LogP contribution in [0.25, 0.3) is 10.2 Å². The summed E-state index contributed by atoms with van der Waals surface area (Å²) in [6, 6.07) is 5.71. The summed E-state index contributed by atoms with van der Waals surface area (Å²) in [6.07, 6.45) is 0.364. The third kappa shape index (κ3) is 4.14. The lowest BCUT2D eigenvalue weighted by Crippen LogP contribution is -2.35. The largest absolute Gasteiger partial charge is 0.370 e. The number of hydrogen-bond donors (Lipinski definition) is 3. The minimum atomic E-state index is -0.574. The van der Waals surface area contributed by atoms with Gasteiger partial charge in [0.15, 0.2) is 0 Å². The summed E-state index contributed by atoms with van der Waals surface area (Å²) in [4.78, 5) is 52.2. The molecule has 9 heteroatoms. The molecule has 1 aromatic carbocycles. The van der Waals surface area contributed by atoms with E-state index < -0.39 is 17.2 Å². The molecule has 0 saturated carbocycles. The van der Waals surface area contributed by atoms with Crippen LogP contribution in [-0.2, 0) is 11.3 Å². The van der Waals surface area contributed by atoms with E-state index in [0.29, 0.717) is 26.3 Å². The van der Waals surface area contributed by atoms with Crippen molar-refractivity contribution in [3.05, 3.63) is 60.6 Å². The van der Waals surface area contributed by atoms with E-state index in [-0.39, 0.29) is 25.3 Å². The van der Waals surface area contributed by atoms with Gasteiger partial charge < -0.3 is 11.1 Å². The fraction of sp³-hybridized carbons (Fsp3) is 0.300. The van der Waals surface area contributed by atoms with Crippen LogP contribution in [0.4, 0.5) is 5.69 Å². The van der Waals surface area contributed by atoms with Crippen LogP contribution in [0.3, 0.4) is 0 Å². The maximum atomic E-state index is 12.8. The average Bonchev–Trinajstić information content (AvgIpc) is 2.96. The summed E-state index contributed by atoms with van der Waals surface area (Å²) >= 11 is 1.07. The van der Waals surface area contributed by atoms with E-state index in [9.17, 15) is 19.2 Å². The maximum absolute atomic E-state index is 12.8. The third-order valence-corrected chi connectivity index (χ3v) is 5.92. The Morgan fingerprint density at radius 1 is 1.21 bits per heavy atom. The minimum Gasteiger partial charge on any atom is -0.370 e. The van der Waals surface area contributed by atoms with Gasteiger partial charge in [0, 0.05) is 18.7 Å². The van der Waals surface area contributed by atoms with Gasteiger partial charge >= 0.3 is 5.69 Å². The van der Waals surface area contributed by atoms with Crippen LogP contribution in [0.5, 0.6) is 0 Å². The summed E-state index contributed by atoms with van der Waals surface area (Å²) < 4.78 is 1.04. The lowest BCUT2D eigenvalue weighted by Gasteiger charge is -2.08. The molecule has 0 aliphatic rings. The second-order valence-electron chi connectivity index (χ2n) is 6.99. The first-order valence-corrected chi connectivity index (χ1v) is 9.93. The molecule has 0 fully saturated rings. The van der Waals surface area contributed by atoms with Gasteiger partial charge in [0.1, 0.15) is 4.83 Å². The van der Waals surface area contributed by atoms with Gasteiger partial charge in [-0.25, -0.2) is 4.79 Å². The molecule has 0 bridgehead atoms. The molecule has 0 saturated heterocycles. The van der Waals surface area contributed by atoms with E-state index in [0.717, 1.165) is 27.0 Å². The average molecular weight is 414 g/mol. The normalized spacial score (nSPS) is 11.0. The number of carbonyl (C=O) groups is 2. The number of primary amides is 1. The standard InChI is InChI=1S/C20H22N4O4S/c1-10-6-7-13(11(2)9-10)22-17(26)16-12(3)15-18(29-16)23-20(28)24(19(15)27)8-4-5-14(21)25/h6-7,9H,4-5,8H2,1-3H3,(H2,21,25)(H,22,26)(H,23,28). The Bertz CT molecular complexity index is 1240. The predicted molar refractivity (Wildman–Crippen MR) is 114 cm³/mol. The highest BCUT2D eigenvalue weighted by Gasteiger charge is 2.20. The van der Waals surface area contributed by atoms with Crippen molar-refractivity contribution >= 4 is 39.1 Å². The number of aromatic amines is 1. The number of anilines is 1. The number of rotatable bonds is 6. The van der Waals surface area contributed by atoms with Gasteiger partial charge in [0.05, 0.1) is 10.3 Å². The fourth-order valence-corrected chi connectivity index (χ4v) is 4.30. The van der Waals surface area contributed by atoms with Crippen LogP contribution < -0.4 is 22.3 Å². The number of carbonyl (C=O) groups excluding carboxylic acids is 2. The van der Waals surface area contributed by atoms with Gasteiger partial charge in [-0.15, -0.1) is 11.3 Å². The van der Waals surface area contributed by atoms with Crippen molar-refractivity contribution < 1.29 is 9.59 Å². The topological polar surface area (TPSA) is 127 Å². The highest BCUT2D eigenvalue weighted by atomic mass is 32.1. The fourth-order valence-electron chi connectivity index (χ4n) is 3.21. The van der Waals surface area contributed by atoms with E-state index in [2.05, 4.69) is 10.3 Å². The number of H-pyrrole nitrogens is 1. The van der Waals surface area contributed by atoms with E-state index in [4.69, 9.17) is 5.73 Å². The Morgan fingerprint density at radius 2 is 1.93 bits per heavy atom. The van der Waals surface area contributed by atoms with Gasteiger partial charge in [-0.2, -0.15) is 0 Å². The van der Waals surface area contributed by atoms with Crippen LogP contribution in [0.1, 0.15) is 39.2 Å². The third-order valence-electron chi connectivity index (χ3n) is 4.71. The first-order valence-electron chi connectivity index (χ1n) is 9.12. The highest BCUT2D eigenvalue weighted by molar-refractivity contribution is 7.20. The number of aryl methyl sites for hydroxylation is 3. The summed E-state index contributed by atoms with van der Waals surface area (Å²) in [5.41, 5.74) is 7.28. The molecule has 0 spiro atoms. The van der Waals surface area contributed by atoms with Crippen molar-refractivity contribution in [3.8, 4) is 0 Å². The van der Waals surface area contributed by atoms with Gasteiger partial charge in [0.2, 0.25) is 5.91 Å².